The highest BCUT2D eigenvalue weighted by atomic mass is 16.7. The van der Waals surface area contributed by atoms with Crippen molar-refractivity contribution in [3.8, 4) is 11.5 Å². The summed E-state index contributed by atoms with van der Waals surface area (Å²) in [6.07, 6.45) is 3.20. The van der Waals surface area contributed by atoms with Gasteiger partial charge in [-0.25, -0.2) is 0 Å². The molecule has 3 heterocycles. The maximum Gasteiger partial charge on any atom is 0.254 e. The second-order valence-electron chi connectivity index (χ2n) is 4.86. The van der Waals surface area contributed by atoms with Crippen LogP contribution in [0.15, 0.2) is 12.1 Å². The Morgan fingerprint density at radius 1 is 1.24 bits per heavy atom. The topological polar surface area (TPSA) is 38.8 Å². The van der Waals surface area contributed by atoms with Gasteiger partial charge in [0, 0.05) is 18.2 Å². The molecule has 1 aromatic carbocycles. The molecule has 3 aliphatic heterocycles. The smallest absolute Gasteiger partial charge is 0.254 e. The number of fused-ring (bicyclic) bond motifs is 3. The zero-order valence-corrected chi connectivity index (χ0v) is 9.44. The minimum absolute atomic E-state index is 0.159. The lowest BCUT2D eigenvalue weighted by Gasteiger charge is -2.31. The molecule has 88 valence electrons. The van der Waals surface area contributed by atoms with Crippen LogP contribution in [0, 0.1) is 0 Å². The molecule has 1 atom stereocenters. The van der Waals surface area contributed by atoms with Crippen LogP contribution in [0.2, 0.25) is 0 Å². The molecule has 4 heteroatoms. The zero-order valence-electron chi connectivity index (χ0n) is 9.44. The summed E-state index contributed by atoms with van der Waals surface area (Å²) in [6, 6.07) is 4.22. The quantitative estimate of drug-likeness (QED) is 0.680. The molecule has 4 nitrogen and oxygen atoms in total. The van der Waals surface area contributed by atoms with Gasteiger partial charge in [0.25, 0.3) is 5.91 Å². The monoisotopic (exact) mass is 231 g/mol. The molecule has 0 spiro atoms. The van der Waals surface area contributed by atoms with Crippen molar-refractivity contribution in [1.29, 1.82) is 0 Å². The van der Waals surface area contributed by atoms with Crippen molar-refractivity contribution in [2.45, 2.75) is 25.3 Å². The first kappa shape index (κ1) is 9.33. The van der Waals surface area contributed by atoms with Crippen molar-refractivity contribution in [3.63, 3.8) is 0 Å². The van der Waals surface area contributed by atoms with E-state index in [0.29, 0.717) is 11.8 Å². The Balaban J connectivity index is 1.84. The lowest BCUT2D eigenvalue weighted by Crippen LogP contribution is -2.41. The summed E-state index contributed by atoms with van der Waals surface area (Å²) in [5.41, 5.74) is 1.91. The Labute approximate surface area is 99.1 Å². The Bertz CT molecular complexity index is 512. The molecule has 1 amide bonds. The van der Waals surface area contributed by atoms with Gasteiger partial charge in [-0.05, 0) is 37.0 Å². The molecule has 0 saturated carbocycles. The molecule has 0 bridgehead atoms. The van der Waals surface area contributed by atoms with Gasteiger partial charge < -0.3 is 14.4 Å². The molecule has 1 saturated heterocycles. The highest BCUT2D eigenvalue weighted by molar-refractivity contribution is 5.98. The van der Waals surface area contributed by atoms with Crippen LogP contribution in [-0.2, 0) is 6.42 Å². The molecule has 4 rings (SSSR count). The van der Waals surface area contributed by atoms with Crippen LogP contribution in [0.4, 0.5) is 0 Å². The fourth-order valence-electron chi connectivity index (χ4n) is 3.08. The van der Waals surface area contributed by atoms with Crippen molar-refractivity contribution in [2.24, 2.45) is 0 Å². The third kappa shape index (κ3) is 1.21. The van der Waals surface area contributed by atoms with Gasteiger partial charge in [0.2, 0.25) is 6.79 Å². The Hall–Kier alpha value is -1.71. The molecular formula is C13H13NO3. The van der Waals surface area contributed by atoms with E-state index in [1.165, 1.54) is 0 Å². The number of rotatable bonds is 0. The van der Waals surface area contributed by atoms with E-state index in [9.17, 15) is 4.79 Å². The van der Waals surface area contributed by atoms with Crippen LogP contribution in [0.25, 0.3) is 0 Å². The second-order valence-corrected chi connectivity index (χ2v) is 4.86. The third-order valence-electron chi connectivity index (χ3n) is 3.92. The summed E-state index contributed by atoms with van der Waals surface area (Å²) in [6.45, 7) is 1.16. The predicted molar refractivity (Wildman–Crippen MR) is 60.3 cm³/mol. The maximum atomic E-state index is 12.3. The Kier molecular flexibility index (Phi) is 1.73. The van der Waals surface area contributed by atoms with E-state index in [-0.39, 0.29) is 12.7 Å². The first-order chi connectivity index (χ1) is 8.33. The first-order valence-electron chi connectivity index (χ1n) is 6.06. The molecule has 0 aliphatic carbocycles. The van der Waals surface area contributed by atoms with Gasteiger partial charge in [0.05, 0.1) is 0 Å². The summed E-state index contributed by atoms with van der Waals surface area (Å²) in [4.78, 5) is 14.3. The fourth-order valence-corrected chi connectivity index (χ4v) is 3.08. The van der Waals surface area contributed by atoms with Gasteiger partial charge in [-0.3, -0.25) is 4.79 Å². The van der Waals surface area contributed by atoms with Gasteiger partial charge in [0.1, 0.15) is 0 Å². The summed E-state index contributed by atoms with van der Waals surface area (Å²) in [5.74, 6) is 1.64. The minimum Gasteiger partial charge on any atom is -0.454 e. The summed E-state index contributed by atoms with van der Waals surface area (Å²) in [7, 11) is 0. The lowest BCUT2D eigenvalue weighted by atomic mass is 9.93. The van der Waals surface area contributed by atoms with Gasteiger partial charge in [-0.15, -0.1) is 0 Å². The van der Waals surface area contributed by atoms with Crippen LogP contribution in [0.3, 0.4) is 0 Å². The number of nitrogens with zero attached hydrogens (tertiary/aromatic N) is 1. The van der Waals surface area contributed by atoms with Crippen LogP contribution >= 0.6 is 0 Å². The van der Waals surface area contributed by atoms with Crippen molar-refractivity contribution >= 4 is 5.91 Å². The molecule has 0 unspecified atom stereocenters. The van der Waals surface area contributed by atoms with E-state index in [2.05, 4.69) is 0 Å². The average molecular weight is 231 g/mol. The van der Waals surface area contributed by atoms with Crippen molar-refractivity contribution in [2.75, 3.05) is 13.3 Å². The average Bonchev–Trinajstić information content (AvgIpc) is 2.94. The van der Waals surface area contributed by atoms with Crippen LogP contribution < -0.4 is 9.47 Å². The van der Waals surface area contributed by atoms with E-state index >= 15 is 0 Å². The zero-order chi connectivity index (χ0) is 11.4. The van der Waals surface area contributed by atoms with Crippen molar-refractivity contribution in [3.05, 3.63) is 23.3 Å². The Morgan fingerprint density at radius 3 is 2.94 bits per heavy atom. The highest BCUT2D eigenvalue weighted by Crippen LogP contribution is 2.39. The first-order valence-corrected chi connectivity index (χ1v) is 6.06. The van der Waals surface area contributed by atoms with Gasteiger partial charge in [-0.1, -0.05) is 0 Å². The second kappa shape index (κ2) is 3.15. The largest absolute Gasteiger partial charge is 0.454 e. The number of benzene rings is 1. The van der Waals surface area contributed by atoms with E-state index in [4.69, 9.17) is 9.47 Å². The molecule has 1 aromatic rings. The van der Waals surface area contributed by atoms with Gasteiger partial charge >= 0.3 is 0 Å². The van der Waals surface area contributed by atoms with E-state index in [1.807, 2.05) is 17.0 Å². The lowest BCUT2D eigenvalue weighted by molar-refractivity contribution is 0.0714. The molecule has 0 N–H and O–H groups in total. The normalized spacial score (nSPS) is 24.8. The number of amides is 1. The summed E-state index contributed by atoms with van der Waals surface area (Å²) < 4.78 is 10.7. The highest BCUT2D eigenvalue weighted by Gasteiger charge is 2.36. The van der Waals surface area contributed by atoms with E-state index in [0.717, 1.165) is 42.7 Å². The van der Waals surface area contributed by atoms with Crippen molar-refractivity contribution in [1.82, 2.24) is 4.90 Å². The molecule has 17 heavy (non-hydrogen) atoms. The molecule has 1 fully saturated rings. The number of ether oxygens (including phenoxy) is 2. The number of hydrogen-bond acceptors (Lipinski definition) is 3. The van der Waals surface area contributed by atoms with Crippen LogP contribution in [0.5, 0.6) is 11.5 Å². The summed E-state index contributed by atoms with van der Waals surface area (Å²) in [5, 5.41) is 0. The molecule has 0 radical (unpaired) electrons. The minimum atomic E-state index is 0.159. The van der Waals surface area contributed by atoms with Gasteiger partial charge in [-0.2, -0.15) is 0 Å². The van der Waals surface area contributed by atoms with E-state index < -0.39 is 0 Å². The Morgan fingerprint density at radius 2 is 2.06 bits per heavy atom. The van der Waals surface area contributed by atoms with Crippen molar-refractivity contribution < 1.29 is 14.3 Å². The number of hydrogen-bond donors (Lipinski definition) is 0. The molecule has 0 aromatic heterocycles. The van der Waals surface area contributed by atoms with Crippen LogP contribution in [-0.4, -0.2) is 30.2 Å². The molecule has 3 aliphatic rings. The fraction of sp³-hybridized carbons (Fsp3) is 0.462. The SMILES string of the molecule is O=C1c2cc3c(cc2C[C@@H]2CCCN12)OCO3. The molecular weight excluding hydrogens is 218 g/mol. The maximum absolute atomic E-state index is 12.3. The summed E-state index contributed by atoms with van der Waals surface area (Å²) >= 11 is 0. The van der Waals surface area contributed by atoms with Crippen LogP contribution in [0.1, 0.15) is 28.8 Å². The predicted octanol–water partition coefficient (Wildman–Crippen LogP) is 1.58. The third-order valence-corrected chi connectivity index (χ3v) is 3.92. The number of carbonyl (C=O) groups excluding carboxylic acids is 1. The van der Waals surface area contributed by atoms with E-state index in [1.54, 1.807) is 0 Å². The van der Waals surface area contributed by atoms with Gasteiger partial charge in [0.15, 0.2) is 11.5 Å². The standard InChI is InChI=1S/C13H13NO3/c15-13-10-6-12-11(16-7-17-12)5-8(10)4-9-2-1-3-14(9)13/h5-6,9H,1-4,7H2/t9-/m0/s1. The number of carbonyl (C=O) groups is 1.